The largest absolute Gasteiger partial charge is 0.273 e. The Morgan fingerprint density at radius 2 is 1.59 bits per heavy atom. The van der Waals surface area contributed by atoms with Gasteiger partial charge in [-0.3, -0.25) is 4.79 Å². The van der Waals surface area contributed by atoms with Crippen molar-refractivity contribution in [1.82, 2.24) is 5.43 Å². The third-order valence-corrected chi connectivity index (χ3v) is 7.74. The first-order chi connectivity index (χ1) is 10.7. The molecule has 0 aromatic heterocycles. The summed E-state index contributed by atoms with van der Waals surface area (Å²) in [5.41, 5.74) is 2.90. The summed E-state index contributed by atoms with van der Waals surface area (Å²) in [6, 6.07) is 0. The number of rotatable bonds is 3. The SMILES string of the molecule is O=C(N/N=C\[C@H]1C[C@H]2CC[C@H]1C2)C12CC3CC(CC(C3)C1)C2. The zero-order chi connectivity index (χ0) is 14.7. The lowest BCUT2D eigenvalue weighted by molar-refractivity contribution is -0.146. The fraction of sp³-hybridized carbons (Fsp3) is 0.895. The van der Waals surface area contributed by atoms with Gasteiger partial charge in [-0.25, -0.2) is 5.43 Å². The zero-order valence-corrected chi connectivity index (χ0v) is 13.5. The first-order valence-electron chi connectivity index (χ1n) is 9.54. The normalized spacial score (nSPS) is 51.8. The summed E-state index contributed by atoms with van der Waals surface area (Å²) < 4.78 is 0. The molecule has 6 fully saturated rings. The highest BCUT2D eigenvalue weighted by Crippen LogP contribution is 2.60. The number of amides is 1. The van der Waals surface area contributed by atoms with Crippen LogP contribution in [0.2, 0.25) is 0 Å². The van der Waals surface area contributed by atoms with Crippen molar-refractivity contribution in [3.8, 4) is 0 Å². The molecule has 6 saturated carbocycles. The fourth-order valence-corrected chi connectivity index (χ4v) is 7.18. The molecule has 0 aromatic rings. The molecule has 0 heterocycles. The number of carbonyl (C=O) groups is 1. The summed E-state index contributed by atoms with van der Waals surface area (Å²) in [6.45, 7) is 0. The summed E-state index contributed by atoms with van der Waals surface area (Å²) >= 11 is 0. The molecule has 6 bridgehead atoms. The van der Waals surface area contributed by atoms with Gasteiger partial charge in [0.25, 0.3) is 0 Å². The van der Waals surface area contributed by atoms with Crippen LogP contribution in [0.3, 0.4) is 0 Å². The minimum Gasteiger partial charge on any atom is -0.273 e. The van der Waals surface area contributed by atoms with E-state index in [1.165, 1.54) is 44.9 Å². The molecule has 0 saturated heterocycles. The van der Waals surface area contributed by atoms with E-state index in [-0.39, 0.29) is 11.3 Å². The monoisotopic (exact) mass is 300 g/mol. The van der Waals surface area contributed by atoms with Crippen LogP contribution in [0, 0.1) is 40.9 Å². The third kappa shape index (κ3) is 2.07. The first kappa shape index (κ1) is 13.6. The molecule has 0 spiro atoms. The van der Waals surface area contributed by atoms with Crippen molar-refractivity contribution in [2.45, 2.75) is 64.2 Å². The number of hydrogen-bond donors (Lipinski definition) is 1. The Kier molecular flexibility index (Phi) is 2.97. The van der Waals surface area contributed by atoms with Gasteiger partial charge in [0.1, 0.15) is 0 Å². The second-order valence-corrected chi connectivity index (χ2v) is 9.26. The highest BCUT2D eigenvalue weighted by molar-refractivity contribution is 5.83. The van der Waals surface area contributed by atoms with E-state index in [4.69, 9.17) is 0 Å². The minimum absolute atomic E-state index is 0.0548. The molecule has 0 aromatic carbocycles. The van der Waals surface area contributed by atoms with Crippen LogP contribution >= 0.6 is 0 Å². The van der Waals surface area contributed by atoms with Crippen molar-refractivity contribution in [2.24, 2.45) is 46.0 Å². The van der Waals surface area contributed by atoms with E-state index >= 15 is 0 Å². The maximum absolute atomic E-state index is 12.8. The van der Waals surface area contributed by atoms with E-state index in [2.05, 4.69) is 16.7 Å². The fourth-order valence-electron chi connectivity index (χ4n) is 7.18. The first-order valence-corrected chi connectivity index (χ1v) is 9.54. The van der Waals surface area contributed by atoms with Crippen LogP contribution in [0.4, 0.5) is 0 Å². The van der Waals surface area contributed by atoms with E-state index in [0.29, 0.717) is 5.92 Å². The molecule has 0 unspecified atom stereocenters. The predicted molar refractivity (Wildman–Crippen MR) is 86.2 cm³/mol. The highest BCUT2D eigenvalue weighted by atomic mass is 16.2. The van der Waals surface area contributed by atoms with Gasteiger partial charge in [0, 0.05) is 6.21 Å². The lowest BCUT2D eigenvalue weighted by Crippen LogP contribution is -2.52. The smallest absolute Gasteiger partial charge is 0.246 e. The van der Waals surface area contributed by atoms with Crippen LogP contribution in [0.15, 0.2) is 5.10 Å². The maximum Gasteiger partial charge on any atom is 0.246 e. The Morgan fingerprint density at radius 3 is 2.14 bits per heavy atom. The zero-order valence-electron chi connectivity index (χ0n) is 13.5. The number of carbonyl (C=O) groups excluding carboxylic acids is 1. The lowest BCUT2D eigenvalue weighted by atomic mass is 9.49. The Morgan fingerprint density at radius 1 is 0.909 bits per heavy atom. The molecule has 0 aliphatic heterocycles. The van der Waals surface area contributed by atoms with Crippen LogP contribution in [-0.4, -0.2) is 12.1 Å². The van der Waals surface area contributed by atoms with Gasteiger partial charge in [-0.05, 0) is 93.3 Å². The van der Waals surface area contributed by atoms with Crippen molar-refractivity contribution < 1.29 is 4.79 Å². The number of hydrazone groups is 1. The molecule has 0 radical (unpaired) electrons. The molecular weight excluding hydrogens is 272 g/mol. The second kappa shape index (κ2) is 4.82. The van der Waals surface area contributed by atoms with Crippen molar-refractivity contribution in [3.63, 3.8) is 0 Å². The van der Waals surface area contributed by atoms with Crippen LogP contribution in [-0.2, 0) is 4.79 Å². The molecule has 3 atom stereocenters. The van der Waals surface area contributed by atoms with Gasteiger partial charge < -0.3 is 0 Å². The van der Waals surface area contributed by atoms with E-state index < -0.39 is 0 Å². The van der Waals surface area contributed by atoms with E-state index in [9.17, 15) is 4.79 Å². The van der Waals surface area contributed by atoms with E-state index in [1.54, 1.807) is 0 Å². The number of fused-ring (bicyclic) bond motifs is 2. The maximum atomic E-state index is 12.8. The van der Waals surface area contributed by atoms with Crippen molar-refractivity contribution in [2.75, 3.05) is 0 Å². The molecule has 22 heavy (non-hydrogen) atoms. The topological polar surface area (TPSA) is 41.5 Å². The van der Waals surface area contributed by atoms with Gasteiger partial charge in [0.05, 0.1) is 5.41 Å². The van der Waals surface area contributed by atoms with Gasteiger partial charge in [0.15, 0.2) is 0 Å². The molecule has 3 nitrogen and oxygen atoms in total. The van der Waals surface area contributed by atoms with Crippen molar-refractivity contribution >= 4 is 12.1 Å². The molecule has 1 amide bonds. The summed E-state index contributed by atoms with van der Waals surface area (Å²) in [5.74, 6) is 5.15. The van der Waals surface area contributed by atoms with E-state index in [1.807, 2.05) is 0 Å². The minimum atomic E-state index is -0.0548. The third-order valence-electron chi connectivity index (χ3n) is 7.74. The molecule has 6 aliphatic rings. The van der Waals surface area contributed by atoms with E-state index in [0.717, 1.165) is 48.9 Å². The van der Waals surface area contributed by atoms with Crippen LogP contribution in [0.1, 0.15) is 64.2 Å². The molecule has 120 valence electrons. The summed E-state index contributed by atoms with van der Waals surface area (Å²) in [4.78, 5) is 12.8. The Bertz CT molecular complexity index is 476. The lowest BCUT2D eigenvalue weighted by Gasteiger charge is -2.55. The van der Waals surface area contributed by atoms with Crippen molar-refractivity contribution in [1.29, 1.82) is 0 Å². The molecule has 6 rings (SSSR count). The molecule has 1 N–H and O–H groups in total. The van der Waals surface area contributed by atoms with Gasteiger partial charge in [-0.2, -0.15) is 5.10 Å². The van der Waals surface area contributed by atoms with Crippen LogP contribution in [0.25, 0.3) is 0 Å². The Hall–Kier alpha value is -0.860. The second-order valence-electron chi connectivity index (χ2n) is 9.26. The van der Waals surface area contributed by atoms with Crippen LogP contribution < -0.4 is 5.43 Å². The average Bonchev–Trinajstić information content (AvgIpc) is 3.08. The highest BCUT2D eigenvalue weighted by Gasteiger charge is 2.54. The number of nitrogens with one attached hydrogen (secondary N) is 1. The van der Waals surface area contributed by atoms with Gasteiger partial charge in [-0.15, -0.1) is 0 Å². The quantitative estimate of drug-likeness (QED) is 0.626. The molecule has 6 aliphatic carbocycles. The Labute approximate surface area is 133 Å². The predicted octanol–water partition coefficient (Wildman–Crippen LogP) is 3.74. The standard InChI is InChI=1S/C19H28N2O/c22-18(21-20-11-17-7-12-1-2-16(17)6-12)19-8-13-3-14(9-19)5-15(4-13)10-19/h11-17H,1-10H2,(H,21,22)/b20-11-/t12-,13?,14?,15?,16-,17+,19?/m0/s1. The van der Waals surface area contributed by atoms with Gasteiger partial charge >= 0.3 is 0 Å². The average molecular weight is 300 g/mol. The summed E-state index contributed by atoms with van der Waals surface area (Å²) in [7, 11) is 0. The Balaban J connectivity index is 1.24. The van der Waals surface area contributed by atoms with Gasteiger partial charge in [-0.1, -0.05) is 6.42 Å². The molecule has 3 heteroatoms. The number of nitrogens with zero attached hydrogens (tertiary/aromatic N) is 1. The summed E-state index contributed by atoms with van der Waals surface area (Å²) in [6.07, 6.45) is 15.2. The summed E-state index contributed by atoms with van der Waals surface area (Å²) in [5, 5.41) is 4.40. The van der Waals surface area contributed by atoms with Crippen LogP contribution in [0.5, 0.6) is 0 Å². The number of hydrogen-bond acceptors (Lipinski definition) is 2. The van der Waals surface area contributed by atoms with Crippen molar-refractivity contribution in [3.05, 3.63) is 0 Å². The van der Waals surface area contributed by atoms with Gasteiger partial charge in [0.2, 0.25) is 5.91 Å². The molecular formula is C19H28N2O.